The van der Waals surface area contributed by atoms with Crippen LogP contribution in [-0.4, -0.2) is 15.2 Å². The highest BCUT2D eigenvalue weighted by Gasteiger charge is 2.19. The predicted octanol–water partition coefficient (Wildman–Crippen LogP) is 0.944. The van der Waals surface area contributed by atoms with Crippen LogP contribution in [0.5, 0.6) is 0 Å². The Balaban J connectivity index is 2.41. The van der Waals surface area contributed by atoms with E-state index in [4.69, 9.17) is 5.11 Å². The summed E-state index contributed by atoms with van der Waals surface area (Å²) in [5.41, 5.74) is 2.52. The molecule has 0 saturated heterocycles. The largest absolute Gasteiger partial charge is 0.390 e. The quantitative estimate of drug-likeness (QED) is 0.674. The fourth-order valence-corrected chi connectivity index (χ4v) is 1.76. The van der Waals surface area contributed by atoms with Crippen LogP contribution in [0.2, 0.25) is 0 Å². The molecule has 1 aromatic heterocycles. The van der Waals surface area contributed by atoms with E-state index in [1.165, 1.54) is 0 Å². The van der Waals surface area contributed by atoms with E-state index in [9.17, 15) is 5.11 Å². The van der Waals surface area contributed by atoms with Crippen LogP contribution >= 0.6 is 0 Å². The SMILES string of the molecule is OCc1ccc2c(n1)C(O)CCC2. The molecule has 70 valence electrons. The van der Waals surface area contributed by atoms with Crippen LogP contribution in [0.3, 0.4) is 0 Å². The number of hydrogen-bond donors (Lipinski definition) is 2. The first kappa shape index (κ1) is 8.66. The third-order valence-electron chi connectivity index (χ3n) is 2.47. The van der Waals surface area contributed by atoms with Gasteiger partial charge in [-0.25, -0.2) is 0 Å². The molecule has 0 fully saturated rings. The molecule has 0 saturated carbocycles. The monoisotopic (exact) mass is 179 g/mol. The van der Waals surface area contributed by atoms with Crippen LogP contribution in [0.4, 0.5) is 0 Å². The lowest BCUT2D eigenvalue weighted by Gasteiger charge is -2.20. The zero-order chi connectivity index (χ0) is 9.26. The van der Waals surface area contributed by atoms with Gasteiger partial charge in [0.2, 0.25) is 0 Å². The van der Waals surface area contributed by atoms with Crippen molar-refractivity contribution in [2.45, 2.75) is 32.0 Å². The van der Waals surface area contributed by atoms with E-state index in [0.717, 1.165) is 30.5 Å². The van der Waals surface area contributed by atoms with Gasteiger partial charge >= 0.3 is 0 Å². The maximum Gasteiger partial charge on any atom is 0.0962 e. The van der Waals surface area contributed by atoms with E-state index in [2.05, 4.69) is 4.98 Å². The van der Waals surface area contributed by atoms with Crippen molar-refractivity contribution in [2.75, 3.05) is 0 Å². The molecule has 0 spiro atoms. The smallest absolute Gasteiger partial charge is 0.0962 e. The van der Waals surface area contributed by atoms with Crippen LogP contribution in [0.25, 0.3) is 0 Å². The van der Waals surface area contributed by atoms with Gasteiger partial charge in [0.1, 0.15) is 0 Å². The molecule has 2 N–H and O–H groups in total. The maximum atomic E-state index is 9.64. The normalized spacial score (nSPS) is 21.2. The molecule has 1 aliphatic rings. The second kappa shape index (κ2) is 3.44. The molecule has 2 rings (SSSR count). The highest BCUT2D eigenvalue weighted by Crippen LogP contribution is 2.27. The lowest BCUT2D eigenvalue weighted by Crippen LogP contribution is -2.12. The van der Waals surface area contributed by atoms with Crippen LogP contribution in [-0.2, 0) is 13.0 Å². The number of aliphatic hydroxyl groups is 2. The minimum Gasteiger partial charge on any atom is -0.390 e. The molecule has 0 bridgehead atoms. The zero-order valence-corrected chi connectivity index (χ0v) is 7.40. The van der Waals surface area contributed by atoms with E-state index in [1.54, 1.807) is 0 Å². The average molecular weight is 179 g/mol. The zero-order valence-electron chi connectivity index (χ0n) is 7.40. The standard InChI is InChI=1S/C10H13NO2/c12-6-8-5-4-7-2-1-3-9(13)10(7)11-8/h4-5,9,12-13H,1-3,6H2. The number of aromatic nitrogens is 1. The Labute approximate surface area is 77.1 Å². The number of aryl methyl sites for hydroxylation is 1. The third-order valence-corrected chi connectivity index (χ3v) is 2.47. The van der Waals surface area contributed by atoms with Crippen molar-refractivity contribution in [3.8, 4) is 0 Å². The first-order valence-corrected chi connectivity index (χ1v) is 4.59. The molecule has 3 heteroatoms. The summed E-state index contributed by atoms with van der Waals surface area (Å²) < 4.78 is 0. The summed E-state index contributed by atoms with van der Waals surface area (Å²) in [6.45, 7) is -0.0556. The summed E-state index contributed by atoms with van der Waals surface area (Å²) in [7, 11) is 0. The number of aliphatic hydroxyl groups excluding tert-OH is 2. The highest BCUT2D eigenvalue weighted by atomic mass is 16.3. The van der Waals surface area contributed by atoms with E-state index in [-0.39, 0.29) is 6.61 Å². The molecule has 1 unspecified atom stereocenters. The molecular formula is C10H13NO2. The van der Waals surface area contributed by atoms with Crippen molar-refractivity contribution in [3.05, 3.63) is 29.1 Å². The maximum absolute atomic E-state index is 9.64. The lowest BCUT2D eigenvalue weighted by atomic mass is 9.93. The summed E-state index contributed by atoms with van der Waals surface area (Å²) in [5.74, 6) is 0. The van der Waals surface area contributed by atoms with Crippen LogP contribution in [0, 0.1) is 0 Å². The average Bonchev–Trinajstić information content (AvgIpc) is 2.18. The number of rotatable bonds is 1. The molecule has 0 aromatic carbocycles. The van der Waals surface area contributed by atoms with Gasteiger partial charge in [-0.1, -0.05) is 6.07 Å². The van der Waals surface area contributed by atoms with Crippen LogP contribution in [0.15, 0.2) is 12.1 Å². The summed E-state index contributed by atoms with van der Waals surface area (Å²) >= 11 is 0. The number of fused-ring (bicyclic) bond motifs is 1. The first-order chi connectivity index (χ1) is 6.31. The molecule has 13 heavy (non-hydrogen) atoms. The van der Waals surface area contributed by atoms with Gasteiger partial charge in [-0.2, -0.15) is 0 Å². The lowest BCUT2D eigenvalue weighted by molar-refractivity contribution is 0.150. The van der Waals surface area contributed by atoms with Crippen molar-refractivity contribution >= 4 is 0 Å². The first-order valence-electron chi connectivity index (χ1n) is 4.59. The van der Waals surface area contributed by atoms with Gasteiger partial charge in [0.15, 0.2) is 0 Å². The highest BCUT2D eigenvalue weighted by molar-refractivity contribution is 5.26. The van der Waals surface area contributed by atoms with Crippen molar-refractivity contribution < 1.29 is 10.2 Å². The fraction of sp³-hybridized carbons (Fsp3) is 0.500. The number of hydrogen-bond acceptors (Lipinski definition) is 3. The molecule has 1 aliphatic carbocycles. The van der Waals surface area contributed by atoms with E-state index >= 15 is 0 Å². The third kappa shape index (κ3) is 1.57. The Morgan fingerprint density at radius 2 is 2.31 bits per heavy atom. The number of pyridine rings is 1. The molecule has 0 aliphatic heterocycles. The summed E-state index contributed by atoms with van der Waals surface area (Å²) in [5, 5.41) is 18.5. The fourth-order valence-electron chi connectivity index (χ4n) is 1.76. The Morgan fingerprint density at radius 1 is 1.46 bits per heavy atom. The molecule has 3 nitrogen and oxygen atoms in total. The van der Waals surface area contributed by atoms with Gasteiger partial charge in [0.05, 0.1) is 24.1 Å². The van der Waals surface area contributed by atoms with Crippen molar-refractivity contribution in [3.63, 3.8) is 0 Å². The van der Waals surface area contributed by atoms with Gasteiger partial charge in [0, 0.05) is 0 Å². The molecule has 1 heterocycles. The van der Waals surface area contributed by atoms with Gasteiger partial charge in [-0.15, -0.1) is 0 Å². The van der Waals surface area contributed by atoms with Crippen molar-refractivity contribution in [1.29, 1.82) is 0 Å². The topological polar surface area (TPSA) is 53.4 Å². The molecular weight excluding hydrogens is 166 g/mol. The van der Waals surface area contributed by atoms with E-state index < -0.39 is 6.10 Å². The predicted molar refractivity (Wildman–Crippen MR) is 48.1 cm³/mol. The Bertz CT molecular complexity index is 312. The summed E-state index contributed by atoms with van der Waals surface area (Å²) in [4.78, 5) is 4.21. The van der Waals surface area contributed by atoms with Crippen molar-refractivity contribution in [1.82, 2.24) is 4.98 Å². The van der Waals surface area contributed by atoms with Crippen LogP contribution in [0.1, 0.15) is 35.9 Å². The van der Waals surface area contributed by atoms with Gasteiger partial charge in [0.25, 0.3) is 0 Å². The number of nitrogens with zero attached hydrogens (tertiary/aromatic N) is 1. The molecule has 1 aromatic rings. The Morgan fingerprint density at radius 3 is 3.08 bits per heavy atom. The second-order valence-corrected chi connectivity index (χ2v) is 3.41. The van der Waals surface area contributed by atoms with Crippen molar-refractivity contribution in [2.24, 2.45) is 0 Å². The summed E-state index contributed by atoms with van der Waals surface area (Å²) in [6.07, 6.45) is 2.36. The molecule has 0 amide bonds. The Kier molecular flexibility index (Phi) is 2.29. The second-order valence-electron chi connectivity index (χ2n) is 3.41. The summed E-state index contributed by atoms with van der Waals surface area (Å²) in [6, 6.07) is 3.77. The van der Waals surface area contributed by atoms with Gasteiger partial charge in [-0.3, -0.25) is 4.98 Å². The minimum absolute atomic E-state index is 0.0556. The molecule has 0 radical (unpaired) electrons. The van der Waals surface area contributed by atoms with Gasteiger partial charge < -0.3 is 10.2 Å². The van der Waals surface area contributed by atoms with Crippen LogP contribution < -0.4 is 0 Å². The Hall–Kier alpha value is -0.930. The molecule has 1 atom stereocenters. The van der Waals surface area contributed by atoms with Gasteiger partial charge in [-0.05, 0) is 30.9 Å². The van der Waals surface area contributed by atoms with E-state index in [0.29, 0.717) is 5.69 Å². The van der Waals surface area contributed by atoms with E-state index in [1.807, 2.05) is 12.1 Å². The minimum atomic E-state index is -0.435.